The SMILES string of the molecule is C=Cc1c(N=C(C)C)oc2c(-c3ccc(-c4ccccc4-c4cc(OS(=O)(=O)C(F)(F)F)cc(-c5cc(C)c(C)cc5-c5ccc(-c6ccccn6)cc5)c4)cn3)cccc12. The lowest BCUT2D eigenvalue weighted by Gasteiger charge is -2.18. The molecule has 0 spiro atoms. The van der Waals surface area contributed by atoms with E-state index in [-0.39, 0.29) is 0 Å². The van der Waals surface area contributed by atoms with Gasteiger partial charge in [0.25, 0.3) is 0 Å². The Labute approximate surface area is 351 Å². The summed E-state index contributed by atoms with van der Waals surface area (Å²) in [5, 5.41) is 0.850. The quantitative estimate of drug-likeness (QED) is 0.0774. The van der Waals surface area contributed by atoms with Gasteiger partial charge in [0, 0.05) is 45.7 Å². The van der Waals surface area contributed by atoms with E-state index in [2.05, 4.69) is 16.6 Å². The third kappa shape index (κ3) is 8.12. The molecule has 0 aliphatic rings. The summed E-state index contributed by atoms with van der Waals surface area (Å²) in [6.45, 7) is 11.7. The number of aryl methyl sites for hydroxylation is 2. The van der Waals surface area contributed by atoms with Crippen molar-refractivity contribution >= 4 is 38.8 Å². The number of alkyl halides is 3. The Morgan fingerprint density at radius 1 is 0.672 bits per heavy atom. The highest BCUT2D eigenvalue weighted by molar-refractivity contribution is 7.88. The van der Waals surface area contributed by atoms with Crippen molar-refractivity contribution in [3.05, 3.63) is 163 Å². The van der Waals surface area contributed by atoms with E-state index in [1.807, 2.05) is 137 Å². The van der Waals surface area contributed by atoms with Crippen LogP contribution in [0.1, 0.15) is 30.5 Å². The molecule has 0 saturated carbocycles. The molecule has 8 aromatic rings. The van der Waals surface area contributed by atoms with Crippen molar-refractivity contribution < 1.29 is 30.2 Å². The van der Waals surface area contributed by atoms with Gasteiger partial charge in [0.2, 0.25) is 5.88 Å². The van der Waals surface area contributed by atoms with E-state index in [0.717, 1.165) is 55.7 Å². The fourth-order valence-electron chi connectivity index (χ4n) is 7.29. The summed E-state index contributed by atoms with van der Waals surface area (Å²) in [6.07, 6.45) is 5.16. The second kappa shape index (κ2) is 16.2. The number of halogens is 3. The Morgan fingerprint density at radius 3 is 1.89 bits per heavy atom. The van der Waals surface area contributed by atoms with Crippen molar-refractivity contribution in [1.82, 2.24) is 9.97 Å². The molecule has 0 unspecified atom stereocenters. The minimum absolute atomic E-state index is 0.427. The summed E-state index contributed by atoms with van der Waals surface area (Å²) in [5.41, 5.74) is 6.83. The Hall–Kier alpha value is -7.11. The lowest BCUT2D eigenvalue weighted by molar-refractivity contribution is -0.0500. The van der Waals surface area contributed by atoms with Gasteiger partial charge in [-0.3, -0.25) is 9.97 Å². The zero-order chi connectivity index (χ0) is 43.1. The van der Waals surface area contributed by atoms with Crippen LogP contribution in [0, 0.1) is 13.8 Å². The zero-order valence-corrected chi connectivity index (χ0v) is 34.4. The molecule has 0 amide bonds. The van der Waals surface area contributed by atoms with Gasteiger partial charge in [-0.15, -0.1) is 0 Å². The molecule has 0 bridgehead atoms. The largest absolute Gasteiger partial charge is 0.534 e. The molecular formula is C50H38F3N3O4S. The Morgan fingerprint density at radius 2 is 1.28 bits per heavy atom. The molecule has 0 radical (unpaired) electrons. The van der Waals surface area contributed by atoms with E-state index in [9.17, 15) is 21.6 Å². The van der Waals surface area contributed by atoms with E-state index in [1.165, 1.54) is 12.1 Å². The molecule has 8 rings (SSSR count). The van der Waals surface area contributed by atoms with E-state index in [4.69, 9.17) is 13.6 Å². The number of pyridine rings is 2. The van der Waals surface area contributed by atoms with E-state index in [0.29, 0.717) is 50.5 Å². The van der Waals surface area contributed by atoms with Crippen LogP contribution in [-0.2, 0) is 10.1 Å². The van der Waals surface area contributed by atoms with Crippen LogP contribution in [0.15, 0.2) is 156 Å². The van der Waals surface area contributed by atoms with Crippen molar-refractivity contribution in [3.8, 4) is 72.8 Å². The summed E-state index contributed by atoms with van der Waals surface area (Å²) in [7, 11) is -6.01. The Kier molecular flexibility index (Phi) is 10.8. The highest BCUT2D eigenvalue weighted by Crippen LogP contribution is 2.43. The molecule has 0 fully saturated rings. The summed E-state index contributed by atoms with van der Waals surface area (Å²) < 4.78 is 77.4. The minimum atomic E-state index is -6.01. The lowest BCUT2D eigenvalue weighted by Crippen LogP contribution is -2.28. The Balaban J connectivity index is 1.25. The number of nitrogens with zero attached hydrogens (tertiary/aromatic N) is 3. The Bertz CT molecular complexity index is 3100. The van der Waals surface area contributed by atoms with Crippen LogP contribution in [-0.4, -0.2) is 29.6 Å². The normalized spacial score (nSPS) is 11.7. The molecule has 5 aromatic carbocycles. The van der Waals surface area contributed by atoms with Crippen LogP contribution in [0.4, 0.5) is 19.1 Å². The topological polar surface area (TPSA) is 94.7 Å². The number of hydrogen-bond donors (Lipinski definition) is 0. The van der Waals surface area contributed by atoms with E-state index < -0.39 is 21.4 Å². The maximum Gasteiger partial charge on any atom is 0.534 e. The molecule has 0 aliphatic heterocycles. The maximum atomic E-state index is 13.8. The first-order chi connectivity index (χ1) is 29.2. The fourth-order valence-corrected chi connectivity index (χ4v) is 7.73. The van der Waals surface area contributed by atoms with Gasteiger partial charge in [-0.2, -0.15) is 21.6 Å². The third-order valence-electron chi connectivity index (χ3n) is 10.3. The van der Waals surface area contributed by atoms with E-state index >= 15 is 0 Å². The molecule has 11 heteroatoms. The zero-order valence-electron chi connectivity index (χ0n) is 33.6. The van der Waals surface area contributed by atoms with Gasteiger partial charge in [0.1, 0.15) is 11.3 Å². The first-order valence-electron chi connectivity index (χ1n) is 19.3. The van der Waals surface area contributed by atoms with Gasteiger partial charge in [0.05, 0.1) is 11.4 Å². The second-order valence-corrected chi connectivity index (χ2v) is 16.3. The lowest BCUT2D eigenvalue weighted by atomic mass is 9.88. The van der Waals surface area contributed by atoms with E-state index in [1.54, 1.807) is 24.5 Å². The van der Waals surface area contributed by atoms with Crippen LogP contribution in [0.25, 0.3) is 84.1 Å². The van der Waals surface area contributed by atoms with Crippen molar-refractivity contribution in [1.29, 1.82) is 0 Å². The van der Waals surface area contributed by atoms with Crippen molar-refractivity contribution in [3.63, 3.8) is 0 Å². The number of benzene rings is 5. The molecule has 3 aromatic heterocycles. The van der Waals surface area contributed by atoms with Gasteiger partial charge >= 0.3 is 15.6 Å². The molecule has 3 heterocycles. The predicted molar refractivity (Wildman–Crippen MR) is 238 cm³/mol. The number of aliphatic imine (C=N–C) groups is 1. The van der Waals surface area contributed by atoms with Crippen molar-refractivity contribution in [2.45, 2.75) is 33.2 Å². The summed E-state index contributed by atoms with van der Waals surface area (Å²) in [6, 6.07) is 38.8. The smallest absolute Gasteiger partial charge is 0.437 e. The standard InChI is InChI=1S/C50H38F3N3O4S/c1-6-39-42-14-11-15-43(48(42)59-49(39)56-30(2)3)47-22-21-35(29-55-47)40-12-7-8-13-41(40)36-26-37(28-38(27-36)60-61(57,58)50(51,52)53)45-25-32(5)31(4)24-44(45)33-17-19-34(20-18-33)46-16-9-10-23-54-46/h6-29H,1H2,2-5H3. The molecule has 7 nitrogen and oxygen atoms in total. The molecule has 0 N–H and O–H groups in total. The number of aromatic nitrogens is 2. The predicted octanol–water partition coefficient (Wildman–Crippen LogP) is 13.8. The number of hydrogen-bond acceptors (Lipinski definition) is 7. The van der Waals surface area contributed by atoms with Crippen molar-refractivity contribution in [2.24, 2.45) is 4.99 Å². The number of rotatable bonds is 10. The minimum Gasteiger partial charge on any atom is -0.437 e. The third-order valence-corrected chi connectivity index (χ3v) is 11.3. The highest BCUT2D eigenvalue weighted by Gasteiger charge is 2.48. The van der Waals surface area contributed by atoms with Gasteiger partial charge in [-0.25, -0.2) is 4.99 Å². The van der Waals surface area contributed by atoms with Crippen LogP contribution in [0.2, 0.25) is 0 Å². The number of fused-ring (bicyclic) bond motifs is 1. The molecular weight excluding hydrogens is 796 g/mol. The van der Waals surface area contributed by atoms with Gasteiger partial charge < -0.3 is 8.60 Å². The monoisotopic (exact) mass is 833 g/mol. The second-order valence-electron chi connectivity index (χ2n) is 14.7. The molecule has 304 valence electrons. The average molecular weight is 834 g/mol. The molecule has 61 heavy (non-hydrogen) atoms. The summed E-state index contributed by atoms with van der Waals surface area (Å²) in [4.78, 5) is 13.8. The summed E-state index contributed by atoms with van der Waals surface area (Å²) in [5.74, 6) is -0.0294. The fraction of sp³-hybridized carbons (Fsp3) is 0.100. The molecule has 0 atom stereocenters. The van der Waals surface area contributed by atoms with Crippen LogP contribution in [0.5, 0.6) is 5.75 Å². The van der Waals surface area contributed by atoms with Crippen LogP contribution >= 0.6 is 0 Å². The van der Waals surface area contributed by atoms with Crippen LogP contribution in [0.3, 0.4) is 0 Å². The average Bonchev–Trinajstić information content (AvgIpc) is 3.60. The first kappa shape index (κ1) is 40.7. The van der Waals surface area contributed by atoms with Crippen LogP contribution < -0.4 is 4.18 Å². The first-order valence-corrected chi connectivity index (χ1v) is 20.7. The number of para-hydroxylation sites is 1. The van der Waals surface area contributed by atoms with Crippen molar-refractivity contribution in [2.75, 3.05) is 0 Å². The maximum absolute atomic E-state index is 13.8. The summed E-state index contributed by atoms with van der Waals surface area (Å²) >= 11 is 0. The van der Waals surface area contributed by atoms with Gasteiger partial charge in [-0.1, -0.05) is 97.6 Å². The molecule has 0 aliphatic carbocycles. The molecule has 0 saturated heterocycles. The van der Waals surface area contributed by atoms with Gasteiger partial charge in [-0.05, 0) is 120 Å². The highest BCUT2D eigenvalue weighted by atomic mass is 32.2. The van der Waals surface area contributed by atoms with Gasteiger partial charge in [0.15, 0.2) is 0 Å². The number of furan rings is 1.